The quantitative estimate of drug-likeness (QED) is 0.175. The van der Waals surface area contributed by atoms with Crippen molar-refractivity contribution in [2.75, 3.05) is 13.6 Å². The van der Waals surface area contributed by atoms with E-state index in [2.05, 4.69) is 4.90 Å². The van der Waals surface area contributed by atoms with Gasteiger partial charge in [0.2, 0.25) is 0 Å². The smallest absolute Gasteiger partial charge is 0.340 e. The number of carbonyl (C=O) groups excluding carboxylic acids is 3. The number of hydrogen-bond acceptors (Lipinski definition) is 12. The molecule has 1 aromatic carbocycles. The van der Waals surface area contributed by atoms with Gasteiger partial charge >= 0.3 is 23.9 Å². The minimum absolute atomic E-state index is 0.0136. The number of aliphatic hydroxyl groups is 2. The highest BCUT2D eigenvalue weighted by atomic mass is 16.6. The van der Waals surface area contributed by atoms with Crippen LogP contribution in [0.15, 0.2) is 24.0 Å². The Kier molecular flexibility index (Phi) is 7.61. The summed E-state index contributed by atoms with van der Waals surface area (Å²) in [6.45, 7) is 1.70. The maximum Gasteiger partial charge on any atom is 0.340 e. The molecule has 43 heavy (non-hydrogen) atoms. The molecular formula is C28H32N2O13. The van der Waals surface area contributed by atoms with E-state index >= 15 is 0 Å². The number of aromatic hydroxyl groups is 1. The molecule has 0 aromatic heterocycles. The van der Waals surface area contributed by atoms with Gasteiger partial charge in [-0.15, -0.1) is 0 Å². The third-order valence-electron chi connectivity index (χ3n) is 8.87. The second-order valence-electron chi connectivity index (χ2n) is 11.4. The Morgan fingerprint density at radius 3 is 2.58 bits per heavy atom. The van der Waals surface area contributed by atoms with E-state index in [1.807, 2.05) is 12.4 Å². The van der Waals surface area contributed by atoms with Crippen molar-refractivity contribution in [2.24, 2.45) is 0 Å². The molecule has 232 valence electrons. The van der Waals surface area contributed by atoms with Crippen molar-refractivity contribution in [3.63, 3.8) is 0 Å². The second kappa shape index (κ2) is 10.8. The van der Waals surface area contributed by atoms with Crippen LogP contribution in [0, 0.1) is 0 Å². The molecule has 1 saturated heterocycles. The number of rotatable bonds is 10. The van der Waals surface area contributed by atoms with Crippen LogP contribution in [0.3, 0.4) is 0 Å². The number of amides is 1. The molecule has 7 atom stereocenters. The summed E-state index contributed by atoms with van der Waals surface area (Å²) in [6.07, 6.45) is -3.84. The molecule has 5 rings (SSSR count). The minimum Gasteiger partial charge on any atom is -0.504 e. The Labute approximate surface area is 244 Å². The summed E-state index contributed by atoms with van der Waals surface area (Å²) in [5.74, 6) is -6.48. The van der Waals surface area contributed by atoms with Crippen LogP contribution in [0.4, 0.5) is 0 Å². The van der Waals surface area contributed by atoms with Gasteiger partial charge in [-0.1, -0.05) is 6.07 Å². The van der Waals surface area contributed by atoms with Crippen molar-refractivity contribution in [1.82, 2.24) is 10.2 Å². The Hall–Kier alpha value is -4.21. The Morgan fingerprint density at radius 2 is 1.91 bits per heavy atom. The van der Waals surface area contributed by atoms with Crippen LogP contribution < -0.4 is 10.1 Å². The van der Waals surface area contributed by atoms with E-state index in [0.717, 1.165) is 12.5 Å². The lowest BCUT2D eigenvalue weighted by atomic mass is 9.50. The fourth-order valence-corrected chi connectivity index (χ4v) is 6.83. The van der Waals surface area contributed by atoms with Crippen molar-refractivity contribution >= 4 is 29.8 Å². The highest BCUT2D eigenvalue weighted by Gasteiger charge is 2.72. The number of carboxylic acid groups (broad SMARTS) is 2. The molecular weight excluding hydrogens is 572 g/mol. The summed E-state index contributed by atoms with van der Waals surface area (Å²) >= 11 is 0. The Bertz CT molecular complexity index is 1430. The predicted octanol–water partition coefficient (Wildman–Crippen LogP) is -1.06. The molecule has 2 bridgehead atoms. The third kappa shape index (κ3) is 4.86. The molecule has 0 unspecified atom stereocenters. The first kappa shape index (κ1) is 30.3. The van der Waals surface area contributed by atoms with E-state index in [9.17, 15) is 39.3 Å². The van der Waals surface area contributed by atoms with Crippen molar-refractivity contribution in [1.29, 1.82) is 0 Å². The molecule has 15 heteroatoms. The van der Waals surface area contributed by atoms with E-state index in [-0.39, 0.29) is 29.7 Å². The monoisotopic (exact) mass is 604 g/mol. The van der Waals surface area contributed by atoms with Crippen molar-refractivity contribution in [2.45, 2.75) is 80.4 Å². The van der Waals surface area contributed by atoms with Gasteiger partial charge in [-0.05, 0) is 51.1 Å². The SMILES string of the molecule is C[C@H](OC(=O)C[C@H](O)C(=O)OC1=CC[C@@]2(O)[C@H]3Cc4ccc(O)c5c4[C@@]2(CCN3C)[C@H]1O5)C(=O)N[C@@H](CC(=O)O)C(=O)O. The molecule has 2 aliphatic heterocycles. The van der Waals surface area contributed by atoms with Gasteiger partial charge < -0.3 is 50.0 Å². The van der Waals surface area contributed by atoms with Gasteiger partial charge in [-0.2, -0.15) is 0 Å². The number of esters is 2. The number of aliphatic carboxylic acids is 2. The summed E-state index contributed by atoms with van der Waals surface area (Å²) in [4.78, 5) is 61.5. The van der Waals surface area contributed by atoms with Crippen LogP contribution in [0.25, 0.3) is 0 Å². The largest absolute Gasteiger partial charge is 0.504 e. The number of piperidine rings is 1. The van der Waals surface area contributed by atoms with E-state index in [0.29, 0.717) is 24.9 Å². The van der Waals surface area contributed by atoms with Crippen LogP contribution in [-0.4, -0.2) is 110 Å². The second-order valence-corrected chi connectivity index (χ2v) is 11.4. The minimum atomic E-state index is -2.02. The number of phenols is 1. The fraction of sp³-hybridized carbons (Fsp3) is 0.536. The Balaban J connectivity index is 1.26. The lowest BCUT2D eigenvalue weighted by Crippen LogP contribution is -2.74. The van der Waals surface area contributed by atoms with E-state index in [4.69, 9.17) is 24.4 Å². The summed E-state index contributed by atoms with van der Waals surface area (Å²) in [5.41, 5.74) is -0.744. The highest BCUT2D eigenvalue weighted by molar-refractivity contribution is 5.90. The first-order valence-electron chi connectivity index (χ1n) is 13.7. The van der Waals surface area contributed by atoms with Gasteiger partial charge in [-0.3, -0.25) is 14.4 Å². The van der Waals surface area contributed by atoms with Gasteiger partial charge in [0.25, 0.3) is 5.91 Å². The van der Waals surface area contributed by atoms with Crippen LogP contribution >= 0.6 is 0 Å². The van der Waals surface area contributed by atoms with E-state index in [1.54, 1.807) is 6.07 Å². The third-order valence-corrected chi connectivity index (χ3v) is 8.87. The number of likely N-dealkylation sites (tertiary alicyclic amines) is 1. The Morgan fingerprint density at radius 1 is 1.19 bits per heavy atom. The molecule has 4 aliphatic rings. The molecule has 1 fully saturated rings. The number of carbonyl (C=O) groups is 5. The molecule has 0 saturated carbocycles. The fourth-order valence-electron chi connectivity index (χ4n) is 6.83. The summed E-state index contributed by atoms with van der Waals surface area (Å²) in [6, 6.07) is 1.28. The number of benzene rings is 1. The number of hydrogen-bond donors (Lipinski definition) is 6. The molecule has 1 aromatic rings. The molecule has 0 radical (unpaired) electrons. The molecule has 6 N–H and O–H groups in total. The zero-order valence-electron chi connectivity index (χ0n) is 23.3. The molecule has 2 heterocycles. The zero-order valence-corrected chi connectivity index (χ0v) is 23.3. The maximum atomic E-state index is 12.9. The van der Waals surface area contributed by atoms with Gasteiger partial charge in [0.05, 0.1) is 23.9 Å². The number of nitrogens with zero attached hydrogens (tertiary/aromatic N) is 1. The van der Waals surface area contributed by atoms with Crippen molar-refractivity contribution in [3.8, 4) is 11.5 Å². The van der Waals surface area contributed by atoms with Gasteiger partial charge in [0.1, 0.15) is 11.8 Å². The highest BCUT2D eigenvalue weighted by Crippen LogP contribution is 2.65. The number of nitrogens with one attached hydrogen (secondary N) is 1. The number of likely N-dealkylation sites (N-methyl/N-ethyl adjacent to an activating group) is 1. The summed E-state index contributed by atoms with van der Waals surface area (Å²) < 4.78 is 16.6. The molecule has 1 spiro atoms. The lowest BCUT2D eigenvalue weighted by molar-refractivity contribution is -0.173. The standard InChI is InChI=1S/C28H32N2O13/c1-12(24(36)29-14(25(37)38)10-19(33)34)41-20(35)11-16(32)26(39)42-17-5-6-28(40)18-9-13-3-4-15(31)22-21(13)27(28,23(17)43-22)7-8-30(18)2/h3-5,12,14,16,18,23,31-32,40H,6-11H2,1-2H3,(H,29,36)(H,33,34)(H,37,38)/t12-,14-,16-,18+,23-,27-,28+/m0/s1. The first-order valence-corrected chi connectivity index (χ1v) is 13.7. The molecule has 1 amide bonds. The van der Waals surface area contributed by atoms with Crippen LogP contribution in [0.2, 0.25) is 0 Å². The average molecular weight is 605 g/mol. The average Bonchev–Trinajstić information content (AvgIpc) is 3.29. The number of ether oxygens (including phenoxy) is 3. The summed E-state index contributed by atoms with van der Waals surface area (Å²) in [5, 5.41) is 52.9. The number of carboxylic acids is 2. The summed E-state index contributed by atoms with van der Waals surface area (Å²) in [7, 11) is 1.92. The van der Waals surface area contributed by atoms with E-state index < -0.39 is 78.0 Å². The number of aliphatic hydroxyl groups excluding tert-OH is 1. The van der Waals surface area contributed by atoms with Gasteiger partial charge in [0.15, 0.2) is 29.8 Å². The normalized spacial score (nSPS) is 28.7. The van der Waals surface area contributed by atoms with E-state index in [1.165, 1.54) is 12.1 Å². The molecule has 15 nitrogen and oxygen atoms in total. The van der Waals surface area contributed by atoms with Crippen LogP contribution in [-0.2, 0) is 45.3 Å². The van der Waals surface area contributed by atoms with Crippen LogP contribution in [0.5, 0.6) is 11.5 Å². The molecule has 2 aliphatic carbocycles. The van der Waals surface area contributed by atoms with Gasteiger partial charge in [-0.25, -0.2) is 9.59 Å². The zero-order chi connectivity index (χ0) is 31.4. The van der Waals surface area contributed by atoms with Crippen molar-refractivity contribution < 1.29 is 63.7 Å². The predicted molar refractivity (Wildman–Crippen MR) is 141 cm³/mol. The topological polar surface area (TPSA) is 229 Å². The first-order chi connectivity index (χ1) is 20.2. The van der Waals surface area contributed by atoms with Crippen molar-refractivity contribution in [3.05, 3.63) is 35.1 Å². The lowest BCUT2D eigenvalue weighted by Gasteiger charge is -2.61. The van der Waals surface area contributed by atoms with Crippen LogP contribution in [0.1, 0.15) is 43.7 Å². The van der Waals surface area contributed by atoms with Gasteiger partial charge in [0, 0.05) is 18.0 Å². The maximum absolute atomic E-state index is 12.9. The number of phenolic OH excluding ortho intramolecular Hbond substituents is 1.